The number of unbranched alkanes of at least 4 members (excludes halogenated alkanes) is 1. The van der Waals surface area contributed by atoms with Crippen LogP contribution in [0.2, 0.25) is 0 Å². The normalized spacial score (nSPS) is 17.1. The van der Waals surface area contributed by atoms with Gasteiger partial charge in [0.05, 0.1) is 11.7 Å². The number of aliphatic hydroxyl groups is 1. The smallest absolute Gasteiger partial charge is 0.0909 e. The van der Waals surface area contributed by atoms with Gasteiger partial charge >= 0.3 is 0 Å². The summed E-state index contributed by atoms with van der Waals surface area (Å²) in [4.78, 5) is 0. The molecule has 0 bridgehead atoms. The largest absolute Gasteiger partial charge is 0.390 e. The lowest BCUT2D eigenvalue weighted by Crippen LogP contribution is -2.41. The minimum Gasteiger partial charge on any atom is -0.390 e. The first-order chi connectivity index (χ1) is 6.60. The first-order valence-corrected chi connectivity index (χ1v) is 5.36. The molecule has 0 spiro atoms. The molecular formula is C12H22O2. The fourth-order valence-corrected chi connectivity index (χ4v) is 1.47. The molecule has 2 unspecified atom stereocenters. The molecule has 0 saturated carbocycles. The number of hydrogen-bond acceptors (Lipinski definition) is 2. The number of terminal acetylenes is 1. The minimum atomic E-state index is -0.416. The quantitative estimate of drug-likeness (QED) is 0.502. The van der Waals surface area contributed by atoms with Crippen molar-refractivity contribution in [2.24, 2.45) is 0 Å². The molecule has 0 aromatic heterocycles. The van der Waals surface area contributed by atoms with Gasteiger partial charge in [-0.1, -0.05) is 6.92 Å². The van der Waals surface area contributed by atoms with Gasteiger partial charge in [0.15, 0.2) is 0 Å². The molecule has 0 saturated heterocycles. The maximum Gasteiger partial charge on any atom is 0.0909 e. The maximum atomic E-state index is 9.93. The van der Waals surface area contributed by atoms with Crippen LogP contribution >= 0.6 is 0 Å². The summed E-state index contributed by atoms with van der Waals surface area (Å²) >= 11 is 0. The summed E-state index contributed by atoms with van der Waals surface area (Å²) < 4.78 is 5.57. The number of aliphatic hydroxyl groups excluding tert-OH is 1. The van der Waals surface area contributed by atoms with E-state index in [0.29, 0.717) is 13.0 Å². The summed E-state index contributed by atoms with van der Waals surface area (Å²) in [6.07, 6.45) is 7.86. The molecule has 0 heterocycles. The molecule has 0 amide bonds. The van der Waals surface area contributed by atoms with Crippen molar-refractivity contribution >= 4 is 0 Å². The molecule has 1 N–H and O–H groups in total. The van der Waals surface area contributed by atoms with Gasteiger partial charge in [-0.25, -0.2) is 0 Å². The van der Waals surface area contributed by atoms with Gasteiger partial charge in [0.2, 0.25) is 0 Å². The van der Waals surface area contributed by atoms with Crippen LogP contribution < -0.4 is 0 Å². The lowest BCUT2D eigenvalue weighted by atomic mass is 9.92. The Bertz CT molecular complexity index is 183. The van der Waals surface area contributed by atoms with Crippen LogP contribution in [-0.4, -0.2) is 23.4 Å². The van der Waals surface area contributed by atoms with E-state index in [4.69, 9.17) is 11.2 Å². The van der Waals surface area contributed by atoms with Crippen molar-refractivity contribution in [3.8, 4) is 12.3 Å². The minimum absolute atomic E-state index is 0.413. The van der Waals surface area contributed by atoms with Crippen LogP contribution in [0.5, 0.6) is 0 Å². The zero-order valence-electron chi connectivity index (χ0n) is 9.55. The van der Waals surface area contributed by atoms with Crippen molar-refractivity contribution in [2.75, 3.05) is 6.61 Å². The Hall–Kier alpha value is -0.520. The van der Waals surface area contributed by atoms with Gasteiger partial charge in [-0.3, -0.25) is 0 Å². The van der Waals surface area contributed by atoms with E-state index in [1.165, 1.54) is 0 Å². The molecule has 14 heavy (non-hydrogen) atoms. The monoisotopic (exact) mass is 198 g/mol. The van der Waals surface area contributed by atoms with Crippen molar-refractivity contribution in [2.45, 2.75) is 58.2 Å². The molecule has 0 aromatic rings. The van der Waals surface area contributed by atoms with E-state index < -0.39 is 11.7 Å². The highest BCUT2D eigenvalue weighted by Crippen LogP contribution is 2.23. The Balaban J connectivity index is 4.03. The Morgan fingerprint density at radius 1 is 1.50 bits per heavy atom. The first kappa shape index (κ1) is 13.5. The van der Waals surface area contributed by atoms with E-state index >= 15 is 0 Å². The zero-order chi connectivity index (χ0) is 11.0. The molecule has 2 atom stereocenters. The fourth-order valence-electron chi connectivity index (χ4n) is 1.47. The van der Waals surface area contributed by atoms with Crippen LogP contribution in [0, 0.1) is 12.3 Å². The van der Waals surface area contributed by atoms with Crippen LogP contribution in [0.4, 0.5) is 0 Å². The first-order valence-electron chi connectivity index (χ1n) is 5.36. The summed E-state index contributed by atoms with van der Waals surface area (Å²) in [5, 5.41) is 9.93. The van der Waals surface area contributed by atoms with E-state index in [2.05, 4.69) is 5.92 Å². The summed E-state index contributed by atoms with van der Waals surface area (Å²) in [6, 6.07) is 0. The van der Waals surface area contributed by atoms with Gasteiger partial charge in [-0.2, -0.15) is 0 Å². The second kappa shape index (κ2) is 6.86. The SMILES string of the molecule is C#CCCCC(O)C(C)(CC)OCC. The molecule has 82 valence electrons. The van der Waals surface area contributed by atoms with Gasteiger partial charge in [-0.15, -0.1) is 12.3 Å². The summed E-state index contributed by atoms with van der Waals surface area (Å²) in [5.74, 6) is 2.57. The van der Waals surface area contributed by atoms with Crippen LogP contribution in [0.3, 0.4) is 0 Å². The average molecular weight is 198 g/mol. The third-order valence-corrected chi connectivity index (χ3v) is 2.68. The molecule has 2 nitrogen and oxygen atoms in total. The molecule has 2 heteroatoms. The Morgan fingerprint density at radius 3 is 2.57 bits per heavy atom. The van der Waals surface area contributed by atoms with Crippen LogP contribution in [0.1, 0.15) is 46.5 Å². The van der Waals surface area contributed by atoms with Crippen LogP contribution in [0.25, 0.3) is 0 Å². The highest BCUT2D eigenvalue weighted by Gasteiger charge is 2.30. The van der Waals surface area contributed by atoms with Crippen LogP contribution in [-0.2, 0) is 4.74 Å². The van der Waals surface area contributed by atoms with Crippen molar-refractivity contribution in [3.63, 3.8) is 0 Å². The summed E-state index contributed by atoms with van der Waals surface area (Å²) in [6.45, 7) is 6.57. The molecule has 0 fully saturated rings. The predicted molar refractivity (Wildman–Crippen MR) is 59.0 cm³/mol. The van der Waals surface area contributed by atoms with E-state index in [1.807, 2.05) is 20.8 Å². The van der Waals surface area contributed by atoms with Gasteiger partial charge in [-0.05, 0) is 33.1 Å². The van der Waals surface area contributed by atoms with Gasteiger partial charge < -0.3 is 9.84 Å². The predicted octanol–water partition coefficient (Wildman–Crippen LogP) is 2.36. The third kappa shape index (κ3) is 4.13. The molecule has 0 aromatic carbocycles. The van der Waals surface area contributed by atoms with Crippen molar-refractivity contribution in [1.29, 1.82) is 0 Å². The second-order valence-corrected chi connectivity index (χ2v) is 3.71. The number of hydrogen-bond donors (Lipinski definition) is 1. The van der Waals surface area contributed by atoms with Gasteiger partial charge in [0, 0.05) is 13.0 Å². The molecule has 0 aliphatic heterocycles. The Morgan fingerprint density at radius 2 is 2.14 bits per heavy atom. The number of ether oxygens (including phenoxy) is 1. The third-order valence-electron chi connectivity index (χ3n) is 2.68. The van der Waals surface area contributed by atoms with E-state index in [9.17, 15) is 5.11 Å². The molecule has 0 radical (unpaired) electrons. The molecule has 0 rings (SSSR count). The lowest BCUT2D eigenvalue weighted by molar-refractivity contribution is -0.113. The highest BCUT2D eigenvalue weighted by atomic mass is 16.5. The van der Waals surface area contributed by atoms with Crippen molar-refractivity contribution in [3.05, 3.63) is 0 Å². The molecule has 0 aliphatic rings. The zero-order valence-corrected chi connectivity index (χ0v) is 9.55. The van der Waals surface area contributed by atoms with E-state index in [1.54, 1.807) is 0 Å². The lowest BCUT2D eigenvalue weighted by Gasteiger charge is -2.33. The van der Waals surface area contributed by atoms with Crippen molar-refractivity contribution < 1.29 is 9.84 Å². The van der Waals surface area contributed by atoms with Gasteiger partial charge in [0.1, 0.15) is 0 Å². The van der Waals surface area contributed by atoms with Crippen molar-refractivity contribution in [1.82, 2.24) is 0 Å². The standard InChI is InChI=1S/C12H22O2/c1-5-8-9-10-11(13)12(4,6-2)14-7-3/h1,11,13H,6-10H2,2-4H3. The number of rotatable bonds is 7. The van der Waals surface area contributed by atoms with Gasteiger partial charge in [0.25, 0.3) is 0 Å². The maximum absolute atomic E-state index is 9.93. The second-order valence-electron chi connectivity index (χ2n) is 3.71. The van der Waals surface area contributed by atoms with Crippen LogP contribution in [0.15, 0.2) is 0 Å². The fraction of sp³-hybridized carbons (Fsp3) is 0.833. The summed E-state index contributed by atoms with van der Waals surface area (Å²) in [5.41, 5.74) is -0.413. The Kier molecular flexibility index (Phi) is 6.61. The average Bonchev–Trinajstić information content (AvgIpc) is 2.18. The topological polar surface area (TPSA) is 29.5 Å². The summed E-state index contributed by atoms with van der Waals surface area (Å²) in [7, 11) is 0. The van der Waals surface area contributed by atoms with E-state index in [0.717, 1.165) is 19.3 Å². The van der Waals surface area contributed by atoms with E-state index in [-0.39, 0.29) is 0 Å². The molecule has 0 aliphatic carbocycles. The Labute approximate surface area is 87.7 Å². The highest BCUT2D eigenvalue weighted by molar-refractivity contribution is 4.86. The molecular weight excluding hydrogens is 176 g/mol.